The van der Waals surface area contributed by atoms with Crippen LogP contribution in [0.4, 0.5) is 8.78 Å². The van der Waals surface area contributed by atoms with Crippen LogP contribution in [-0.4, -0.2) is 6.54 Å². The Labute approximate surface area is 92.4 Å². The number of hydrogen-bond donors (Lipinski definition) is 1. The van der Waals surface area contributed by atoms with E-state index in [1.165, 1.54) is 6.07 Å². The van der Waals surface area contributed by atoms with Crippen LogP contribution < -0.4 is 5.32 Å². The van der Waals surface area contributed by atoms with Gasteiger partial charge >= 0.3 is 0 Å². The molecule has 1 saturated heterocycles. The first-order chi connectivity index (χ1) is 7.11. The molecule has 1 nitrogen and oxygen atoms in total. The van der Waals surface area contributed by atoms with Crippen molar-refractivity contribution in [1.29, 1.82) is 0 Å². The van der Waals surface area contributed by atoms with Crippen molar-refractivity contribution in [2.75, 3.05) is 6.54 Å². The average Bonchev–Trinajstić information content (AvgIpc) is 2.69. The highest BCUT2D eigenvalue weighted by molar-refractivity contribution is 6.30. The highest BCUT2D eigenvalue weighted by Crippen LogP contribution is 2.32. The lowest BCUT2D eigenvalue weighted by atomic mass is 10.0. The summed E-state index contributed by atoms with van der Waals surface area (Å²) >= 11 is 5.70. The van der Waals surface area contributed by atoms with Gasteiger partial charge in [-0.3, -0.25) is 0 Å². The van der Waals surface area contributed by atoms with Crippen LogP contribution in [0.5, 0.6) is 0 Å². The second-order valence-electron chi connectivity index (χ2n) is 3.87. The SMILES string of the molecule is Cc1cc(Cl)c(F)c(C2CCCN2)c1F. The van der Waals surface area contributed by atoms with E-state index in [0.717, 1.165) is 19.4 Å². The van der Waals surface area contributed by atoms with E-state index < -0.39 is 11.6 Å². The molecule has 0 spiro atoms. The molecule has 0 bridgehead atoms. The molecule has 0 aliphatic carbocycles. The first-order valence-electron chi connectivity index (χ1n) is 4.98. The summed E-state index contributed by atoms with van der Waals surface area (Å²) in [5.74, 6) is -1.10. The van der Waals surface area contributed by atoms with Gasteiger partial charge in [0.15, 0.2) is 0 Å². The van der Waals surface area contributed by atoms with Crippen LogP contribution in [0.25, 0.3) is 0 Å². The zero-order chi connectivity index (χ0) is 11.0. The van der Waals surface area contributed by atoms with Gasteiger partial charge in [0.2, 0.25) is 0 Å². The molecular formula is C11H12ClF2N. The van der Waals surface area contributed by atoms with Crippen LogP contribution in [0.3, 0.4) is 0 Å². The van der Waals surface area contributed by atoms with E-state index in [0.29, 0.717) is 5.56 Å². The second kappa shape index (κ2) is 4.06. The lowest BCUT2D eigenvalue weighted by Gasteiger charge is -2.15. The molecule has 1 atom stereocenters. The van der Waals surface area contributed by atoms with Gasteiger partial charge in [0.1, 0.15) is 11.6 Å². The summed E-state index contributed by atoms with van der Waals surface area (Å²) in [6.45, 7) is 2.40. The smallest absolute Gasteiger partial charge is 0.149 e. The number of aryl methyl sites for hydroxylation is 1. The minimum Gasteiger partial charge on any atom is -0.310 e. The van der Waals surface area contributed by atoms with E-state index in [-0.39, 0.29) is 16.6 Å². The van der Waals surface area contributed by atoms with Gasteiger partial charge in [-0.25, -0.2) is 8.78 Å². The molecule has 0 amide bonds. The summed E-state index contributed by atoms with van der Waals surface area (Å²) in [5, 5.41) is 3.07. The van der Waals surface area contributed by atoms with Crippen molar-refractivity contribution in [2.24, 2.45) is 0 Å². The molecule has 1 aromatic carbocycles. The molecule has 1 aliphatic heterocycles. The molecule has 1 aromatic rings. The lowest BCUT2D eigenvalue weighted by molar-refractivity contribution is 0.503. The van der Waals surface area contributed by atoms with E-state index in [2.05, 4.69) is 5.32 Å². The summed E-state index contributed by atoms with van der Waals surface area (Å²) in [7, 11) is 0. The van der Waals surface area contributed by atoms with E-state index in [1.807, 2.05) is 0 Å². The van der Waals surface area contributed by atoms with Crippen molar-refractivity contribution in [3.8, 4) is 0 Å². The Bertz CT molecular complexity index is 360. The number of halogens is 3. The Kier molecular flexibility index (Phi) is 2.94. The standard InChI is InChI=1S/C11H12ClF2N/c1-6-5-7(12)11(14)9(10(6)13)8-3-2-4-15-8/h5,8,15H,2-4H2,1H3. The number of hydrogen-bond acceptors (Lipinski definition) is 1. The van der Waals surface area contributed by atoms with Crippen LogP contribution in [-0.2, 0) is 0 Å². The number of benzene rings is 1. The molecule has 15 heavy (non-hydrogen) atoms. The largest absolute Gasteiger partial charge is 0.310 e. The zero-order valence-electron chi connectivity index (χ0n) is 8.41. The van der Waals surface area contributed by atoms with E-state index in [4.69, 9.17) is 11.6 Å². The highest BCUT2D eigenvalue weighted by Gasteiger charge is 2.25. The molecular weight excluding hydrogens is 220 g/mol. The maximum atomic E-state index is 13.8. The predicted octanol–water partition coefficient (Wildman–Crippen LogP) is 3.35. The van der Waals surface area contributed by atoms with Crippen LogP contribution in [0.15, 0.2) is 6.07 Å². The van der Waals surface area contributed by atoms with Crippen molar-refractivity contribution in [1.82, 2.24) is 5.32 Å². The van der Waals surface area contributed by atoms with Crippen molar-refractivity contribution in [3.05, 3.63) is 33.9 Å². The van der Waals surface area contributed by atoms with Crippen molar-refractivity contribution in [2.45, 2.75) is 25.8 Å². The third-order valence-corrected chi connectivity index (χ3v) is 3.06. The Morgan fingerprint density at radius 3 is 2.73 bits per heavy atom. The summed E-state index contributed by atoms with van der Waals surface area (Å²) in [5.41, 5.74) is 0.489. The van der Waals surface area contributed by atoms with Gasteiger partial charge in [0, 0.05) is 11.6 Å². The van der Waals surface area contributed by atoms with Crippen molar-refractivity contribution < 1.29 is 8.78 Å². The summed E-state index contributed by atoms with van der Waals surface area (Å²) in [6, 6.07) is 1.09. The highest BCUT2D eigenvalue weighted by atomic mass is 35.5. The van der Waals surface area contributed by atoms with E-state index in [9.17, 15) is 8.78 Å². The third kappa shape index (κ3) is 1.86. The van der Waals surface area contributed by atoms with Gasteiger partial charge in [0.05, 0.1) is 5.02 Å². The Hall–Kier alpha value is -0.670. The molecule has 4 heteroatoms. The van der Waals surface area contributed by atoms with Gasteiger partial charge in [-0.2, -0.15) is 0 Å². The minimum absolute atomic E-state index is 0.00222. The molecule has 1 aliphatic rings. The monoisotopic (exact) mass is 231 g/mol. The minimum atomic E-state index is -0.626. The van der Waals surface area contributed by atoms with E-state index in [1.54, 1.807) is 6.92 Å². The normalized spacial score (nSPS) is 20.9. The number of nitrogens with one attached hydrogen (secondary N) is 1. The molecule has 1 heterocycles. The predicted molar refractivity (Wildman–Crippen MR) is 56.1 cm³/mol. The maximum absolute atomic E-state index is 13.8. The first-order valence-corrected chi connectivity index (χ1v) is 5.36. The van der Waals surface area contributed by atoms with E-state index >= 15 is 0 Å². The van der Waals surface area contributed by atoms with Crippen molar-refractivity contribution >= 4 is 11.6 Å². The molecule has 82 valence electrons. The lowest BCUT2D eigenvalue weighted by Crippen LogP contribution is -2.16. The maximum Gasteiger partial charge on any atom is 0.149 e. The summed E-state index contributed by atoms with van der Waals surface area (Å²) in [6.07, 6.45) is 1.70. The van der Waals surface area contributed by atoms with Gasteiger partial charge in [-0.15, -0.1) is 0 Å². The Morgan fingerprint density at radius 1 is 1.40 bits per heavy atom. The summed E-state index contributed by atoms with van der Waals surface area (Å²) in [4.78, 5) is 0. The quantitative estimate of drug-likeness (QED) is 0.731. The molecule has 1 unspecified atom stereocenters. The summed E-state index contributed by atoms with van der Waals surface area (Å²) < 4.78 is 27.4. The van der Waals surface area contributed by atoms with Gasteiger partial charge in [-0.1, -0.05) is 11.6 Å². The zero-order valence-corrected chi connectivity index (χ0v) is 9.17. The fraction of sp³-hybridized carbons (Fsp3) is 0.455. The molecule has 0 radical (unpaired) electrons. The topological polar surface area (TPSA) is 12.0 Å². The van der Waals surface area contributed by atoms with Crippen molar-refractivity contribution in [3.63, 3.8) is 0 Å². The molecule has 0 saturated carbocycles. The average molecular weight is 232 g/mol. The first kappa shape index (κ1) is 10.8. The van der Waals surface area contributed by atoms with Crippen LogP contribution in [0.2, 0.25) is 5.02 Å². The molecule has 1 fully saturated rings. The van der Waals surface area contributed by atoms with Crippen LogP contribution in [0, 0.1) is 18.6 Å². The van der Waals surface area contributed by atoms with Gasteiger partial charge < -0.3 is 5.32 Å². The fourth-order valence-electron chi connectivity index (χ4n) is 1.99. The Morgan fingerprint density at radius 2 is 2.13 bits per heavy atom. The Balaban J connectivity index is 2.52. The second-order valence-corrected chi connectivity index (χ2v) is 4.27. The van der Waals surface area contributed by atoms with Gasteiger partial charge in [-0.05, 0) is 37.9 Å². The third-order valence-electron chi connectivity index (χ3n) is 2.78. The fourth-order valence-corrected chi connectivity index (χ4v) is 2.26. The van der Waals surface area contributed by atoms with Crippen LogP contribution >= 0.6 is 11.6 Å². The molecule has 2 rings (SSSR count). The number of rotatable bonds is 1. The van der Waals surface area contributed by atoms with Crippen LogP contribution in [0.1, 0.15) is 30.0 Å². The molecule has 1 N–H and O–H groups in total. The molecule has 0 aromatic heterocycles. The van der Waals surface area contributed by atoms with Gasteiger partial charge in [0.25, 0.3) is 0 Å².